The van der Waals surface area contributed by atoms with Gasteiger partial charge >= 0.3 is 7.55 Å². The maximum atomic E-state index is 5.94. The SMILES string of the molecule is CC1=CC(/C=C/c2ccc(/C=C/c3ccccc3)cc2)=[N+]2Bn3cccc3C(CCN)=C12. The Morgan fingerprint density at radius 2 is 1.50 bits per heavy atom. The summed E-state index contributed by atoms with van der Waals surface area (Å²) in [6.07, 6.45) is 14.0. The second kappa shape index (κ2) is 8.85. The lowest BCUT2D eigenvalue weighted by molar-refractivity contribution is -0.314. The maximum Gasteiger partial charge on any atom is 0.604 e. The Labute approximate surface area is 190 Å². The van der Waals surface area contributed by atoms with Gasteiger partial charge < -0.3 is 10.2 Å². The van der Waals surface area contributed by atoms with E-state index in [0.717, 1.165) is 14.0 Å². The van der Waals surface area contributed by atoms with Crippen LogP contribution in [0.3, 0.4) is 0 Å². The van der Waals surface area contributed by atoms with Gasteiger partial charge in [0.25, 0.3) is 0 Å². The van der Waals surface area contributed by atoms with Gasteiger partial charge in [-0.05, 0) is 61.0 Å². The minimum atomic E-state index is 0.654. The van der Waals surface area contributed by atoms with Crippen molar-refractivity contribution in [1.82, 2.24) is 4.48 Å². The van der Waals surface area contributed by atoms with E-state index >= 15 is 0 Å². The zero-order valence-electron chi connectivity index (χ0n) is 18.4. The van der Waals surface area contributed by atoms with Crippen LogP contribution in [0.4, 0.5) is 0 Å². The first-order chi connectivity index (χ1) is 15.7. The zero-order chi connectivity index (χ0) is 21.9. The number of hydrogen-bond acceptors (Lipinski definition) is 1. The summed E-state index contributed by atoms with van der Waals surface area (Å²) in [7, 11) is 0.836. The fourth-order valence-corrected chi connectivity index (χ4v) is 4.53. The average Bonchev–Trinajstić information content (AvgIpc) is 3.42. The molecule has 0 spiro atoms. The van der Waals surface area contributed by atoms with E-state index in [1.807, 2.05) is 6.07 Å². The topological polar surface area (TPSA) is 34.0 Å². The first-order valence-corrected chi connectivity index (χ1v) is 11.2. The molecule has 0 unspecified atom stereocenters. The first-order valence-electron chi connectivity index (χ1n) is 11.2. The Bertz CT molecular complexity index is 1290. The van der Waals surface area contributed by atoms with Crippen molar-refractivity contribution in [3.05, 3.63) is 119 Å². The molecule has 5 rings (SSSR count). The molecular formula is C28H27BN3+. The zero-order valence-corrected chi connectivity index (χ0v) is 18.4. The second-order valence-corrected chi connectivity index (χ2v) is 8.29. The quantitative estimate of drug-likeness (QED) is 0.447. The van der Waals surface area contributed by atoms with Gasteiger partial charge in [0.15, 0.2) is 11.4 Å². The van der Waals surface area contributed by atoms with Gasteiger partial charge in [0.2, 0.25) is 0 Å². The van der Waals surface area contributed by atoms with E-state index in [1.54, 1.807) is 0 Å². The second-order valence-electron chi connectivity index (χ2n) is 8.29. The average molecular weight is 416 g/mol. The van der Waals surface area contributed by atoms with Crippen LogP contribution in [0.5, 0.6) is 0 Å². The number of benzene rings is 2. The number of aromatic nitrogens is 1. The van der Waals surface area contributed by atoms with Gasteiger partial charge in [-0.3, -0.25) is 4.49 Å². The summed E-state index contributed by atoms with van der Waals surface area (Å²) >= 11 is 0. The number of nitrogens with two attached hydrogens (primary N) is 1. The van der Waals surface area contributed by atoms with Crippen LogP contribution in [-0.2, 0) is 0 Å². The van der Waals surface area contributed by atoms with Crippen molar-refractivity contribution in [1.29, 1.82) is 0 Å². The lowest BCUT2D eigenvalue weighted by Crippen LogP contribution is -2.31. The standard InChI is InChI=1S/C28H27BN3/c1-21-20-25(32-28(21)26(17-18-30)27-8-5-19-31(27)29-32)16-15-24-13-11-23(12-14-24)10-9-22-6-3-2-4-7-22/h2-16,19-20,29H,17-18,30H2,1H3/q+1/b10-9+,16-15+. The molecule has 3 nitrogen and oxygen atoms in total. The predicted molar refractivity (Wildman–Crippen MR) is 137 cm³/mol. The summed E-state index contributed by atoms with van der Waals surface area (Å²) in [5, 5.41) is 0. The summed E-state index contributed by atoms with van der Waals surface area (Å²) in [5.74, 6) is 0. The van der Waals surface area contributed by atoms with Crippen LogP contribution in [0.15, 0.2) is 96.3 Å². The molecule has 0 fully saturated rings. The molecule has 0 radical (unpaired) electrons. The maximum absolute atomic E-state index is 5.94. The molecule has 156 valence electrons. The highest BCUT2D eigenvalue weighted by Gasteiger charge is 2.36. The molecule has 2 aliphatic rings. The summed E-state index contributed by atoms with van der Waals surface area (Å²) in [6, 6.07) is 23.4. The predicted octanol–water partition coefficient (Wildman–Crippen LogP) is 4.97. The van der Waals surface area contributed by atoms with Crippen molar-refractivity contribution < 1.29 is 4.49 Å². The Morgan fingerprint density at radius 1 is 0.844 bits per heavy atom. The van der Waals surface area contributed by atoms with Crippen molar-refractivity contribution >= 4 is 37.1 Å². The van der Waals surface area contributed by atoms with Crippen LogP contribution in [-0.4, -0.2) is 28.8 Å². The Morgan fingerprint density at radius 3 is 2.19 bits per heavy atom. The third kappa shape index (κ3) is 3.97. The Hall–Kier alpha value is -3.63. The Kier molecular flexibility index (Phi) is 5.61. The molecule has 2 aliphatic heterocycles. The van der Waals surface area contributed by atoms with Crippen molar-refractivity contribution in [2.24, 2.45) is 5.73 Å². The Balaban J connectivity index is 1.39. The first kappa shape index (κ1) is 20.3. The molecule has 3 aromatic rings. The number of allylic oxidation sites excluding steroid dienone is 3. The molecule has 0 aliphatic carbocycles. The van der Waals surface area contributed by atoms with Gasteiger partial charge in [-0.15, -0.1) is 0 Å². The van der Waals surface area contributed by atoms with Crippen molar-refractivity contribution in [3.63, 3.8) is 0 Å². The normalized spacial score (nSPS) is 15.4. The summed E-state index contributed by atoms with van der Waals surface area (Å²) in [6.45, 7) is 2.85. The molecule has 2 aromatic carbocycles. The van der Waals surface area contributed by atoms with Gasteiger partial charge in [-0.2, -0.15) is 0 Å². The van der Waals surface area contributed by atoms with Gasteiger partial charge in [0.05, 0.1) is 0 Å². The highest BCUT2D eigenvalue weighted by atomic mass is 15.1. The molecule has 1 aromatic heterocycles. The highest BCUT2D eigenvalue weighted by Crippen LogP contribution is 2.33. The van der Waals surface area contributed by atoms with Crippen LogP contribution in [0.25, 0.3) is 23.8 Å². The number of fused-ring (bicyclic) bond motifs is 2. The molecule has 4 heteroatoms. The fraction of sp³-hybridized carbons (Fsp3) is 0.107. The molecule has 0 saturated heterocycles. The molecule has 0 atom stereocenters. The van der Waals surface area contributed by atoms with E-state index in [9.17, 15) is 0 Å². The van der Waals surface area contributed by atoms with Gasteiger partial charge in [-0.25, -0.2) is 0 Å². The minimum Gasteiger partial charge on any atom is -0.330 e. The largest absolute Gasteiger partial charge is 0.604 e. The monoisotopic (exact) mass is 416 g/mol. The van der Waals surface area contributed by atoms with E-state index in [0.29, 0.717) is 6.54 Å². The van der Waals surface area contributed by atoms with Crippen LogP contribution >= 0.6 is 0 Å². The van der Waals surface area contributed by atoms with E-state index in [4.69, 9.17) is 5.73 Å². The molecule has 0 saturated carbocycles. The summed E-state index contributed by atoms with van der Waals surface area (Å²) < 4.78 is 4.71. The van der Waals surface area contributed by atoms with E-state index in [1.165, 1.54) is 44.9 Å². The van der Waals surface area contributed by atoms with Crippen molar-refractivity contribution in [2.45, 2.75) is 13.3 Å². The minimum absolute atomic E-state index is 0.654. The van der Waals surface area contributed by atoms with Gasteiger partial charge in [-0.1, -0.05) is 66.7 Å². The van der Waals surface area contributed by atoms with Crippen LogP contribution in [0.1, 0.15) is 35.7 Å². The van der Waals surface area contributed by atoms with Crippen LogP contribution in [0.2, 0.25) is 0 Å². The molecule has 32 heavy (non-hydrogen) atoms. The van der Waals surface area contributed by atoms with Crippen molar-refractivity contribution in [3.8, 4) is 0 Å². The van der Waals surface area contributed by atoms with Gasteiger partial charge in [0.1, 0.15) is 0 Å². The number of rotatable bonds is 6. The van der Waals surface area contributed by atoms with Crippen LogP contribution < -0.4 is 5.73 Å². The van der Waals surface area contributed by atoms with E-state index in [2.05, 4.69) is 113 Å². The lowest BCUT2D eigenvalue weighted by Gasteiger charge is -2.18. The van der Waals surface area contributed by atoms with Gasteiger partial charge in [0, 0.05) is 29.0 Å². The van der Waals surface area contributed by atoms with Crippen molar-refractivity contribution in [2.75, 3.05) is 6.54 Å². The summed E-state index contributed by atoms with van der Waals surface area (Å²) in [5.41, 5.74) is 16.0. The fourth-order valence-electron chi connectivity index (χ4n) is 4.53. The third-order valence-corrected chi connectivity index (χ3v) is 6.08. The third-order valence-electron chi connectivity index (χ3n) is 6.08. The molecular weight excluding hydrogens is 389 g/mol. The molecule has 3 heterocycles. The molecule has 2 N–H and O–H groups in total. The number of hydrogen-bond donors (Lipinski definition) is 1. The van der Waals surface area contributed by atoms with E-state index < -0.39 is 0 Å². The number of nitrogens with zero attached hydrogens (tertiary/aromatic N) is 2. The lowest BCUT2D eigenvalue weighted by atomic mass is 9.93. The van der Waals surface area contributed by atoms with E-state index in [-0.39, 0.29) is 0 Å². The highest BCUT2D eigenvalue weighted by molar-refractivity contribution is 6.29. The smallest absolute Gasteiger partial charge is 0.330 e. The molecule has 0 bridgehead atoms. The summed E-state index contributed by atoms with van der Waals surface area (Å²) in [4.78, 5) is 0. The molecule has 0 amide bonds. The van der Waals surface area contributed by atoms with Crippen LogP contribution in [0, 0.1) is 0 Å².